The van der Waals surface area contributed by atoms with Crippen LogP contribution in [0.4, 0.5) is 0 Å². The Labute approximate surface area is 146 Å². The second kappa shape index (κ2) is 8.43. The number of nitrogens with zero attached hydrogens (tertiary/aromatic N) is 1. The van der Waals surface area contributed by atoms with Gasteiger partial charge in [0.25, 0.3) is 0 Å². The zero-order valence-corrected chi connectivity index (χ0v) is 14.9. The maximum atomic E-state index is 10.7. The van der Waals surface area contributed by atoms with E-state index >= 15 is 0 Å². The van der Waals surface area contributed by atoms with Gasteiger partial charge in [-0.3, -0.25) is 4.90 Å². The third-order valence-corrected chi connectivity index (χ3v) is 5.52. The topological polar surface area (TPSA) is 44.7 Å². The lowest BCUT2D eigenvalue weighted by atomic mass is 9.84. The summed E-state index contributed by atoms with van der Waals surface area (Å²) in [6.45, 7) is 6.57. The molecule has 1 aliphatic heterocycles. The van der Waals surface area contributed by atoms with Crippen molar-refractivity contribution >= 4 is 0 Å². The molecule has 1 heterocycles. The molecule has 0 aromatic heterocycles. The van der Waals surface area contributed by atoms with E-state index in [0.29, 0.717) is 6.54 Å². The normalized spacial score (nSPS) is 26.2. The summed E-state index contributed by atoms with van der Waals surface area (Å²) >= 11 is 0. The highest BCUT2D eigenvalue weighted by Gasteiger charge is 2.31. The van der Waals surface area contributed by atoms with Crippen LogP contribution in [-0.2, 0) is 11.3 Å². The highest BCUT2D eigenvalue weighted by Crippen LogP contribution is 2.27. The molecule has 0 radical (unpaired) electrons. The molecule has 2 aliphatic rings. The molecule has 4 heteroatoms. The summed E-state index contributed by atoms with van der Waals surface area (Å²) in [5.74, 6) is 0. The van der Waals surface area contributed by atoms with Gasteiger partial charge in [-0.25, -0.2) is 0 Å². The van der Waals surface area contributed by atoms with Gasteiger partial charge < -0.3 is 15.2 Å². The van der Waals surface area contributed by atoms with E-state index in [0.717, 1.165) is 51.9 Å². The number of aliphatic hydroxyl groups is 1. The molecule has 2 fully saturated rings. The molecule has 0 amide bonds. The van der Waals surface area contributed by atoms with Crippen LogP contribution in [0.25, 0.3) is 0 Å². The second-order valence-corrected chi connectivity index (χ2v) is 7.58. The molecular formula is C20H32N2O2. The Bertz CT molecular complexity index is 488. The minimum atomic E-state index is -0.509. The Morgan fingerprint density at radius 3 is 2.75 bits per heavy atom. The summed E-state index contributed by atoms with van der Waals surface area (Å²) in [5, 5.41) is 14.2. The second-order valence-electron chi connectivity index (χ2n) is 7.58. The minimum Gasteiger partial charge on any atom is -0.389 e. The van der Waals surface area contributed by atoms with Crippen molar-refractivity contribution in [3.05, 3.63) is 35.9 Å². The predicted octanol–water partition coefficient (Wildman–Crippen LogP) is 2.56. The molecule has 1 aromatic carbocycles. The lowest BCUT2D eigenvalue weighted by molar-refractivity contribution is -0.0533. The van der Waals surface area contributed by atoms with E-state index in [2.05, 4.69) is 47.5 Å². The fourth-order valence-electron chi connectivity index (χ4n) is 3.89. The number of morpholine rings is 1. The summed E-state index contributed by atoms with van der Waals surface area (Å²) in [6, 6.07) is 10.9. The first-order valence-electron chi connectivity index (χ1n) is 9.48. The van der Waals surface area contributed by atoms with Crippen molar-refractivity contribution in [2.45, 2.75) is 63.3 Å². The van der Waals surface area contributed by atoms with Crippen LogP contribution in [0, 0.1) is 0 Å². The molecule has 0 bridgehead atoms. The summed E-state index contributed by atoms with van der Waals surface area (Å²) in [7, 11) is 0. The molecule has 24 heavy (non-hydrogen) atoms. The summed E-state index contributed by atoms with van der Waals surface area (Å²) in [4.78, 5) is 2.47. The van der Waals surface area contributed by atoms with Gasteiger partial charge in [0.1, 0.15) is 0 Å². The van der Waals surface area contributed by atoms with Crippen LogP contribution in [0.5, 0.6) is 0 Å². The Kier molecular flexibility index (Phi) is 6.28. The number of ether oxygens (including phenoxy) is 1. The van der Waals surface area contributed by atoms with Gasteiger partial charge in [0.15, 0.2) is 0 Å². The first-order valence-corrected chi connectivity index (χ1v) is 9.48. The van der Waals surface area contributed by atoms with Crippen molar-refractivity contribution < 1.29 is 9.84 Å². The van der Waals surface area contributed by atoms with Gasteiger partial charge in [0, 0.05) is 32.2 Å². The molecule has 1 aromatic rings. The van der Waals surface area contributed by atoms with Crippen LogP contribution >= 0.6 is 0 Å². The fourth-order valence-corrected chi connectivity index (χ4v) is 3.89. The fraction of sp³-hybridized carbons (Fsp3) is 0.700. The van der Waals surface area contributed by atoms with Crippen LogP contribution in [0.2, 0.25) is 0 Å². The highest BCUT2D eigenvalue weighted by atomic mass is 16.5. The molecule has 134 valence electrons. The maximum Gasteiger partial charge on any atom is 0.0852 e. The van der Waals surface area contributed by atoms with E-state index in [1.807, 2.05) is 0 Å². The molecule has 4 nitrogen and oxygen atoms in total. The molecule has 1 saturated carbocycles. The molecular weight excluding hydrogens is 300 g/mol. The van der Waals surface area contributed by atoms with Crippen molar-refractivity contribution in [3.8, 4) is 0 Å². The van der Waals surface area contributed by atoms with Gasteiger partial charge in [-0.05, 0) is 25.3 Å². The number of nitrogens with one attached hydrogen (secondary N) is 1. The zero-order chi connectivity index (χ0) is 16.8. The van der Waals surface area contributed by atoms with Gasteiger partial charge in [0.05, 0.1) is 18.3 Å². The Hall–Kier alpha value is -0.940. The Balaban J connectivity index is 1.47. The van der Waals surface area contributed by atoms with Crippen molar-refractivity contribution in [1.29, 1.82) is 0 Å². The lowest BCUT2D eigenvalue weighted by Gasteiger charge is -2.38. The summed E-state index contributed by atoms with van der Waals surface area (Å²) in [6.07, 6.45) is 5.61. The van der Waals surface area contributed by atoms with Gasteiger partial charge in [-0.1, -0.05) is 49.6 Å². The van der Waals surface area contributed by atoms with E-state index in [-0.39, 0.29) is 12.1 Å². The molecule has 2 N–H and O–H groups in total. The van der Waals surface area contributed by atoms with E-state index in [4.69, 9.17) is 4.74 Å². The average Bonchev–Trinajstić information content (AvgIpc) is 2.61. The smallest absolute Gasteiger partial charge is 0.0852 e. The number of hydrogen-bond donors (Lipinski definition) is 2. The molecule has 2 unspecified atom stereocenters. The van der Waals surface area contributed by atoms with Crippen LogP contribution in [-0.4, -0.2) is 54.0 Å². The summed E-state index contributed by atoms with van der Waals surface area (Å²) < 4.78 is 5.99. The quantitative estimate of drug-likeness (QED) is 0.840. The minimum absolute atomic E-state index is 0.189. The van der Waals surface area contributed by atoms with E-state index in [9.17, 15) is 5.11 Å². The van der Waals surface area contributed by atoms with Crippen molar-refractivity contribution in [3.63, 3.8) is 0 Å². The first-order chi connectivity index (χ1) is 11.6. The highest BCUT2D eigenvalue weighted by molar-refractivity contribution is 5.14. The third-order valence-electron chi connectivity index (χ3n) is 5.52. The van der Waals surface area contributed by atoms with Crippen LogP contribution in [0.1, 0.15) is 44.6 Å². The standard InChI is InChI=1S/C20H32N2O2/c1-17(21-16-20(23)10-6-3-7-11-20)19-15-22(12-13-24-19)14-18-8-4-2-5-9-18/h2,4-5,8-9,17,19,21,23H,3,6-7,10-16H2,1H3. The third kappa shape index (κ3) is 5.03. The summed E-state index contributed by atoms with van der Waals surface area (Å²) in [5.41, 5.74) is 0.848. The lowest BCUT2D eigenvalue weighted by Crippen LogP contribution is -2.54. The zero-order valence-electron chi connectivity index (χ0n) is 14.9. The van der Waals surface area contributed by atoms with Crippen molar-refractivity contribution in [2.75, 3.05) is 26.2 Å². The van der Waals surface area contributed by atoms with Crippen LogP contribution in [0.15, 0.2) is 30.3 Å². The molecule has 2 atom stereocenters. The monoisotopic (exact) mass is 332 g/mol. The first kappa shape index (κ1) is 17.9. The predicted molar refractivity (Wildman–Crippen MR) is 97.0 cm³/mol. The maximum absolute atomic E-state index is 10.7. The van der Waals surface area contributed by atoms with E-state index in [1.165, 1.54) is 12.0 Å². The molecule has 0 spiro atoms. The molecule has 1 aliphatic carbocycles. The van der Waals surface area contributed by atoms with Crippen molar-refractivity contribution in [1.82, 2.24) is 10.2 Å². The van der Waals surface area contributed by atoms with Gasteiger partial charge in [-0.2, -0.15) is 0 Å². The van der Waals surface area contributed by atoms with Gasteiger partial charge >= 0.3 is 0 Å². The molecule has 3 rings (SSSR count). The van der Waals surface area contributed by atoms with Crippen molar-refractivity contribution in [2.24, 2.45) is 0 Å². The van der Waals surface area contributed by atoms with Gasteiger partial charge in [-0.15, -0.1) is 0 Å². The average molecular weight is 332 g/mol. The largest absolute Gasteiger partial charge is 0.389 e. The number of benzene rings is 1. The number of rotatable bonds is 6. The van der Waals surface area contributed by atoms with Crippen LogP contribution < -0.4 is 5.32 Å². The molecule has 1 saturated heterocycles. The Morgan fingerprint density at radius 1 is 1.25 bits per heavy atom. The Morgan fingerprint density at radius 2 is 2.00 bits per heavy atom. The van der Waals surface area contributed by atoms with E-state index in [1.54, 1.807) is 0 Å². The van der Waals surface area contributed by atoms with E-state index < -0.39 is 5.60 Å². The SMILES string of the molecule is CC(NCC1(O)CCCCC1)C1CN(Cc2ccccc2)CCO1. The number of hydrogen-bond acceptors (Lipinski definition) is 4. The van der Waals surface area contributed by atoms with Crippen LogP contribution in [0.3, 0.4) is 0 Å². The van der Waals surface area contributed by atoms with Gasteiger partial charge in [0.2, 0.25) is 0 Å².